The molecule has 0 radical (unpaired) electrons. The van der Waals surface area contributed by atoms with Gasteiger partial charge in [0.1, 0.15) is 0 Å². The van der Waals surface area contributed by atoms with Gasteiger partial charge in [-0.2, -0.15) is 0 Å². The van der Waals surface area contributed by atoms with Crippen LogP contribution >= 0.6 is 15.9 Å². The average Bonchev–Trinajstić information content (AvgIpc) is 3.27. The second kappa shape index (κ2) is 4.71. The number of aryl methyl sites for hydroxylation is 1. The number of benzene rings is 1. The summed E-state index contributed by atoms with van der Waals surface area (Å²) in [6.45, 7) is 3.59. The number of aromatic nitrogens is 1. The Morgan fingerprint density at radius 3 is 3.00 bits per heavy atom. The molecule has 3 nitrogen and oxygen atoms in total. The molecule has 104 valence electrons. The number of nitrogens with one attached hydrogen (secondary N) is 1. The molecule has 20 heavy (non-hydrogen) atoms. The zero-order chi connectivity index (χ0) is 13.7. The Bertz CT molecular complexity index is 695. The van der Waals surface area contributed by atoms with Crippen LogP contribution in [0.4, 0.5) is 5.69 Å². The molecule has 1 aromatic heterocycles. The lowest BCUT2D eigenvalue weighted by molar-refractivity contribution is 0.110. The second-order valence-corrected chi connectivity index (χ2v) is 6.56. The first-order valence-electron chi connectivity index (χ1n) is 7.19. The number of rotatable bonds is 2. The molecule has 2 aromatic rings. The van der Waals surface area contributed by atoms with Crippen molar-refractivity contribution in [1.29, 1.82) is 0 Å². The Kier molecular flexibility index (Phi) is 2.97. The SMILES string of the molecule is Cc1c(Br)ccc2c(NC3CC3)c3c(nc12)CCOC3. The van der Waals surface area contributed by atoms with Crippen molar-refractivity contribution < 1.29 is 4.74 Å². The van der Waals surface area contributed by atoms with Crippen LogP contribution in [0.2, 0.25) is 0 Å². The van der Waals surface area contributed by atoms with E-state index in [2.05, 4.69) is 40.3 Å². The van der Waals surface area contributed by atoms with E-state index in [-0.39, 0.29) is 0 Å². The summed E-state index contributed by atoms with van der Waals surface area (Å²) in [5.74, 6) is 0. The van der Waals surface area contributed by atoms with Gasteiger partial charge in [-0.1, -0.05) is 15.9 Å². The standard InChI is InChI=1S/C16H17BrN2O/c1-9-13(17)5-4-11-15(9)19-14-6-7-20-8-12(14)16(11)18-10-2-3-10/h4-5,10H,2-3,6-8H2,1H3,(H,18,19). The molecule has 1 saturated carbocycles. The van der Waals surface area contributed by atoms with Gasteiger partial charge in [-0.3, -0.25) is 4.98 Å². The van der Waals surface area contributed by atoms with E-state index in [0.29, 0.717) is 12.6 Å². The van der Waals surface area contributed by atoms with E-state index < -0.39 is 0 Å². The van der Waals surface area contributed by atoms with Crippen molar-refractivity contribution in [2.24, 2.45) is 0 Å². The van der Waals surface area contributed by atoms with Crippen molar-refractivity contribution in [3.05, 3.63) is 33.4 Å². The zero-order valence-corrected chi connectivity index (χ0v) is 13.1. The van der Waals surface area contributed by atoms with Gasteiger partial charge in [-0.25, -0.2) is 0 Å². The van der Waals surface area contributed by atoms with E-state index in [9.17, 15) is 0 Å². The predicted molar refractivity (Wildman–Crippen MR) is 84.2 cm³/mol. The third-order valence-corrected chi connectivity index (χ3v) is 5.05. The number of halogens is 1. The van der Waals surface area contributed by atoms with Gasteiger partial charge in [-0.05, 0) is 37.5 Å². The lowest BCUT2D eigenvalue weighted by atomic mass is 10.0. The normalized spacial score (nSPS) is 18.1. The molecule has 4 heteroatoms. The summed E-state index contributed by atoms with van der Waals surface area (Å²) in [5.41, 5.74) is 6.05. The van der Waals surface area contributed by atoms with Crippen LogP contribution in [0.1, 0.15) is 29.7 Å². The van der Waals surface area contributed by atoms with Gasteiger partial charge >= 0.3 is 0 Å². The van der Waals surface area contributed by atoms with Crippen molar-refractivity contribution in [2.45, 2.75) is 38.8 Å². The number of ether oxygens (including phenoxy) is 1. The molecule has 1 N–H and O–H groups in total. The summed E-state index contributed by atoms with van der Waals surface area (Å²) in [5, 5.41) is 4.92. The van der Waals surface area contributed by atoms with Gasteiger partial charge in [0, 0.05) is 27.9 Å². The molecular formula is C16H17BrN2O. The summed E-state index contributed by atoms with van der Waals surface area (Å²) < 4.78 is 6.78. The molecule has 1 fully saturated rings. The highest BCUT2D eigenvalue weighted by Crippen LogP contribution is 2.37. The minimum Gasteiger partial charge on any atom is -0.381 e. The zero-order valence-electron chi connectivity index (χ0n) is 11.5. The Hall–Kier alpha value is -1.13. The molecule has 0 unspecified atom stereocenters. The minimum atomic E-state index is 0.635. The third kappa shape index (κ3) is 2.02. The van der Waals surface area contributed by atoms with Crippen LogP contribution in [0, 0.1) is 6.92 Å². The van der Waals surface area contributed by atoms with Crippen molar-refractivity contribution in [3.8, 4) is 0 Å². The van der Waals surface area contributed by atoms with Crippen LogP contribution < -0.4 is 5.32 Å². The van der Waals surface area contributed by atoms with Crippen LogP contribution in [0.5, 0.6) is 0 Å². The fourth-order valence-corrected chi connectivity index (χ4v) is 3.15. The van der Waals surface area contributed by atoms with Crippen LogP contribution in [0.3, 0.4) is 0 Å². The molecule has 0 saturated heterocycles. The maximum Gasteiger partial charge on any atom is 0.0766 e. The van der Waals surface area contributed by atoms with Gasteiger partial charge in [0.05, 0.1) is 30.1 Å². The molecular weight excluding hydrogens is 316 g/mol. The summed E-state index contributed by atoms with van der Waals surface area (Å²) in [4.78, 5) is 4.91. The van der Waals surface area contributed by atoms with E-state index in [0.717, 1.165) is 23.0 Å². The highest BCUT2D eigenvalue weighted by molar-refractivity contribution is 9.10. The van der Waals surface area contributed by atoms with Crippen molar-refractivity contribution in [3.63, 3.8) is 0 Å². The van der Waals surface area contributed by atoms with Crippen LogP contribution in [0.25, 0.3) is 10.9 Å². The average molecular weight is 333 g/mol. The van der Waals surface area contributed by atoms with Gasteiger partial charge in [0.2, 0.25) is 0 Å². The summed E-state index contributed by atoms with van der Waals surface area (Å²) in [6.07, 6.45) is 3.46. The second-order valence-electron chi connectivity index (χ2n) is 5.70. The predicted octanol–water partition coefficient (Wildman–Crippen LogP) is 3.95. The molecule has 0 bridgehead atoms. The third-order valence-electron chi connectivity index (χ3n) is 4.19. The molecule has 0 atom stereocenters. The molecule has 2 aliphatic rings. The Balaban J connectivity index is 2.00. The summed E-state index contributed by atoms with van der Waals surface area (Å²) in [6, 6.07) is 4.92. The van der Waals surface area contributed by atoms with Crippen LogP contribution in [-0.2, 0) is 17.8 Å². The Morgan fingerprint density at radius 1 is 1.35 bits per heavy atom. The van der Waals surface area contributed by atoms with E-state index in [1.807, 2.05) is 0 Å². The fourth-order valence-electron chi connectivity index (χ4n) is 2.83. The topological polar surface area (TPSA) is 34.2 Å². The monoisotopic (exact) mass is 332 g/mol. The van der Waals surface area contributed by atoms with E-state index in [1.165, 1.54) is 40.7 Å². The van der Waals surface area contributed by atoms with E-state index >= 15 is 0 Å². The molecule has 0 amide bonds. The first kappa shape index (κ1) is 12.6. The number of nitrogens with zero attached hydrogens (tertiary/aromatic N) is 1. The van der Waals surface area contributed by atoms with Crippen LogP contribution in [-0.4, -0.2) is 17.6 Å². The summed E-state index contributed by atoms with van der Waals surface area (Å²) >= 11 is 3.62. The number of hydrogen-bond acceptors (Lipinski definition) is 3. The Labute approximate surface area is 126 Å². The fraction of sp³-hybridized carbons (Fsp3) is 0.438. The van der Waals surface area contributed by atoms with E-state index in [4.69, 9.17) is 9.72 Å². The molecule has 1 aliphatic heterocycles. The maximum absolute atomic E-state index is 5.65. The smallest absolute Gasteiger partial charge is 0.0766 e. The lowest BCUT2D eigenvalue weighted by Gasteiger charge is -2.22. The summed E-state index contributed by atoms with van der Waals surface area (Å²) in [7, 11) is 0. The Morgan fingerprint density at radius 2 is 2.20 bits per heavy atom. The number of fused-ring (bicyclic) bond motifs is 2. The van der Waals surface area contributed by atoms with Crippen molar-refractivity contribution in [1.82, 2.24) is 4.98 Å². The van der Waals surface area contributed by atoms with Crippen molar-refractivity contribution >= 4 is 32.5 Å². The number of hydrogen-bond donors (Lipinski definition) is 1. The first-order valence-corrected chi connectivity index (χ1v) is 7.98. The van der Waals surface area contributed by atoms with Gasteiger partial charge in [0.15, 0.2) is 0 Å². The first-order chi connectivity index (χ1) is 9.74. The van der Waals surface area contributed by atoms with Gasteiger partial charge in [0.25, 0.3) is 0 Å². The molecule has 4 rings (SSSR count). The number of anilines is 1. The number of pyridine rings is 1. The minimum absolute atomic E-state index is 0.635. The quantitative estimate of drug-likeness (QED) is 0.903. The van der Waals surface area contributed by atoms with E-state index in [1.54, 1.807) is 0 Å². The largest absolute Gasteiger partial charge is 0.381 e. The maximum atomic E-state index is 5.65. The molecule has 0 spiro atoms. The van der Waals surface area contributed by atoms with Crippen LogP contribution in [0.15, 0.2) is 16.6 Å². The highest BCUT2D eigenvalue weighted by Gasteiger charge is 2.26. The van der Waals surface area contributed by atoms with Crippen molar-refractivity contribution in [2.75, 3.05) is 11.9 Å². The lowest BCUT2D eigenvalue weighted by Crippen LogP contribution is -2.16. The molecule has 1 aromatic carbocycles. The van der Waals surface area contributed by atoms with Gasteiger partial charge in [-0.15, -0.1) is 0 Å². The molecule has 1 aliphatic carbocycles. The van der Waals surface area contributed by atoms with Gasteiger partial charge < -0.3 is 10.1 Å². The molecule has 2 heterocycles. The highest BCUT2D eigenvalue weighted by atomic mass is 79.9.